The van der Waals surface area contributed by atoms with Crippen molar-refractivity contribution in [2.45, 2.75) is 51.5 Å². The van der Waals surface area contributed by atoms with E-state index >= 15 is 0 Å². The van der Waals surface area contributed by atoms with Crippen LogP contribution in [0.25, 0.3) is 0 Å². The number of rotatable bonds is 5. The molecule has 164 valence electrons. The molecule has 0 spiro atoms. The second kappa shape index (κ2) is 9.92. The summed E-state index contributed by atoms with van der Waals surface area (Å²) in [6, 6.07) is 6.67. The molecular weight excluding hydrogens is 378 g/mol. The number of morpholine rings is 1. The summed E-state index contributed by atoms with van der Waals surface area (Å²) >= 11 is 0. The van der Waals surface area contributed by atoms with Crippen LogP contribution < -0.4 is 5.32 Å². The fourth-order valence-corrected chi connectivity index (χ4v) is 5.04. The van der Waals surface area contributed by atoms with Gasteiger partial charge in [-0.3, -0.25) is 14.5 Å². The lowest BCUT2D eigenvalue weighted by Gasteiger charge is -2.36. The van der Waals surface area contributed by atoms with E-state index in [-0.39, 0.29) is 23.8 Å². The second-order valence-corrected chi connectivity index (χ2v) is 9.04. The third-order valence-corrected chi connectivity index (χ3v) is 6.79. The number of nitrogens with zero attached hydrogens (tertiary/aromatic N) is 2. The number of hydrogen-bond donors (Lipinski definition) is 1. The van der Waals surface area contributed by atoms with E-state index in [9.17, 15) is 9.59 Å². The van der Waals surface area contributed by atoms with E-state index in [2.05, 4.69) is 35.3 Å². The van der Waals surface area contributed by atoms with Gasteiger partial charge in [0, 0.05) is 19.6 Å². The average Bonchev–Trinajstić information content (AvgIpc) is 2.79. The van der Waals surface area contributed by atoms with Gasteiger partial charge in [0.05, 0.1) is 31.7 Å². The molecule has 2 aliphatic heterocycles. The van der Waals surface area contributed by atoms with Gasteiger partial charge >= 0.3 is 0 Å². The molecule has 1 N–H and O–H groups in total. The van der Waals surface area contributed by atoms with Gasteiger partial charge in [-0.1, -0.05) is 18.2 Å². The van der Waals surface area contributed by atoms with Crippen molar-refractivity contribution in [2.75, 3.05) is 45.9 Å². The highest BCUT2D eigenvalue weighted by molar-refractivity contribution is 5.80. The molecule has 6 nitrogen and oxygen atoms in total. The number of carbonyl (C=O) groups excluding carboxylic acids is 2. The number of piperidine rings is 1. The molecular formula is C24H35N3O3. The monoisotopic (exact) mass is 413 g/mol. The van der Waals surface area contributed by atoms with Crippen LogP contribution in [0.4, 0.5) is 0 Å². The first-order valence-corrected chi connectivity index (χ1v) is 11.6. The van der Waals surface area contributed by atoms with Crippen molar-refractivity contribution in [2.24, 2.45) is 5.92 Å². The first-order valence-electron chi connectivity index (χ1n) is 11.6. The molecule has 2 saturated heterocycles. The Balaban J connectivity index is 1.28. The molecule has 2 atom stereocenters. The molecule has 1 aromatic carbocycles. The van der Waals surface area contributed by atoms with Crippen LogP contribution in [0, 0.1) is 5.92 Å². The average molecular weight is 414 g/mol. The van der Waals surface area contributed by atoms with E-state index in [1.165, 1.54) is 36.0 Å². The molecule has 4 rings (SSSR count). The van der Waals surface area contributed by atoms with Crippen molar-refractivity contribution in [3.63, 3.8) is 0 Å². The van der Waals surface area contributed by atoms with Gasteiger partial charge in [-0.2, -0.15) is 0 Å². The van der Waals surface area contributed by atoms with E-state index in [1.807, 2.05) is 4.90 Å². The van der Waals surface area contributed by atoms with Crippen molar-refractivity contribution in [3.8, 4) is 0 Å². The van der Waals surface area contributed by atoms with Crippen LogP contribution in [0.5, 0.6) is 0 Å². The highest BCUT2D eigenvalue weighted by Gasteiger charge is 2.30. The van der Waals surface area contributed by atoms with Crippen molar-refractivity contribution in [3.05, 3.63) is 34.9 Å². The molecule has 2 heterocycles. The number of likely N-dealkylation sites (tertiary alicyclic amines) is 1. The SMILES string of the molecule is C[C@@H](NC(=O)CN1CCC[C@@H](C(=O)N2CCOCC2)C1)c1ccc2c(c1)CCCC2. The highest BCUT2D eigenvalue weighted by atomic mass is 16.5. The Morgan fingerprint density at radius 3 is 2.67 bits per heavy atom. The lowest BCUT2D eigenvalue weighted by atomic mass is 9.89. The normalized spacial score (nSPS) is 23.5. The maximum absolute atomic E-state index is 12.8. The number of fused-ring (bicyclic) bond motifs is 1. The van der Waals surface area contributed by atoms with Crippen LogP contribution in [0.2, 0.25) is 0 Å². The molecule has 0 saturated carbocycles. The minimum absolute atomic E-state index is 0.000274. The molecule has 2 fully saturated rings. The molecule has 3 aliphatic rings. The summed E-state index contributed by atoms with van der Waals surface area (Å²) in [4.78, 5) is 29.6. The number of aryl methyl sites for hydroxylation is 2. The maximum Gasteiger partial charge on any atom is 0.234 e. The summed E-state index contributed by atoms with van der Waals surface area (Å²) < 4.78 is 5.36. The Labute approximate surface area is 179 Å². The van der Waals surface area contributed by atoms with E-state index in [4.69, 9.17) is 4.74 Å². The molecule has 0 unspecified atom stereocenters. The molecule has 1 aromatic rings. The second-order valence-electron chi connectivity index (χ2n) is 9.04. The molecule has 0 aromatic heterocycles. The molecule has 0 bridgehead atoms. The summed E-state index contributed by atoms with van der Waals surface area (Å²) in [5.74, 6) is 0.272. The summed E-state index contributed by atoms with van der Waals surface area (Å²) in [6.45, 7) is 6.62. The minimum Gasteiger partial charge on any atom is -0.378 e. The van der Waals surface area contributed by atoms with Crippen LogP contribution in [0.3, 0.4) is 0 Å². The van der Waals surface area contributed by atoms with Gasteiger partial charge in [-0.15, -0.1) is 0 Å². The number of benzene rings is 1. The standard InChI is InChI=1S/C24H35N3O3/c1-18(20-9-8-19-5-2-3-6-21(19)15-20)25-23(28)17-26-10-4-7-22(16-26)24(29)27-11-13-30-14-12-27/h8-9,15,18,22H,2-7,10-14,16-17H2,1H3,(H,25,28)/t18-,22-/m1/s1. The van der Waals surface area contributed by atoms with Gasteiger partial charge in [-0.25, -0.2) is 0 Å². The number of hydrogen-bond acceptors (Lipinski definition) is 4. The largest absolute Gasteiger partial charge is 0.378 e. The Morgan fingerprint density at radius 1 is 1.10 bits per heavy atom. The van der Waals surface area contributed by atoms with Crippen LogP contribution in [-0.2, 0) is 27.2 Å². The molecule has 30 heavy (non-hydrogen) atoms. The summed E-state index contributed by atoms with van der Waals surface area (Å²) in [5.41, 5.74) is 4.09. The Hall–Kier alpha value is -1.92. The summed E-state index contributed by atoms with van der Waals surface area (Å²) in [5, 5.41) is 3.17. The van der Waals surface area contributed by atoms with Crippen LogP contribution >= 0.6 is 0 Å². The van der Waals surface area contributed by atoms with Crippen LogP contribution in [0.1, 0.15) is 55.3 Å². The fraction of sp³-hybridized carbons (Fsp3) is 0.667. The fourth-order valence-electron chi connectivity index (χ4n) is 5.04. The lowest BCUT2D eigenvalue weighted by molar-refractivity contribution is -0.142. The lowest BCUT2D eigenvalue weighted by Crippen LogP contribution is -2.50. The number of carbonyl (C=O) groups is 2. The van der Waals surface area contributed by atoms with E-state index in [0.717, 1.165) is 25.8 Å². The quantitative estimate of drug-likeness (QED) is 0.805. The zero-order chi connectivity index (χ0) is 20.9. The Bertz CT molecular complexity index is 760. The minimum atomic E-state index is 0.000274. The zero-order valence-electron chi connectivity index (χ0n) is 18.2. The van der Waals surface area contributed by atoms with Crippen molar-refractivity contribution < 1.29 is 14.3 Å². The first kappa shape index (κ1) is 21.3. The van der Waals surface area contributed by atoms with Crippen LogP contribution in [0.15, 0.2) is 18.2 Å². The Kier molecular flexibility index (Phi) is 7.05. The Morgan fingerprint density at radius 2 is 1.87 bits per heavy atom. The van der Waals surface area contributed by atoms with Crippen LogP contribution in [-0.4, -0.2) is 67.6 Å². The predicted octanol–water partition coefficient (Wildman–Crippen LogP) is 2.31. The summed E-state index contributed by atoms with van der Waals surface area (Å²) in [6.07, 6.45) is 6.75. The van der Waals surface area contributed by atoms with Gasteiger partial charge in [-0.05, 0) is 68.7 Å². The highest BCUT2D eigenvalue weighted by Crippen LogP contribution is 2.25. The zero-order valence-corrected chi connectivity index (χ0v) is 18.2. The molecule has 2 amide bonds. The number of nitrogens with one attached hydrogen (secondary N) is 1. The van der Waals surface area contributed by atoms with Crippen molar-refractivity contribution >= 4 is 11.8 Å². The third kappa shape index (κ3) is 5.22. The van der Waals surface area contributed by atoms with E-state index < -0.39 is 0 Å². The summed E-state index contributed by atoms with van der Waals surface area (Å²) in [7, 11) is 0. The molecule has 0 radical (unpaired) electrons. The van der Waals surface area contributed by atoms with Crippen molar-refractivity contribution in [1.82, 2.24) is 15.1 Å². The van der Waals surface area contributed by atoms with Gasteiger partial charge in [0.1, 0.15) is 0 Å². The van der Waals surface area contributed by atoms with E-state index in [0.29, 0.717) is 39.4 Å². The third-order valence-electron chi connectivity index (χ3n) is 6.79. The van der Waals surface area contributed by atoms with Gasteiger partial charge in [0.2, 0.25) is 11.8 Å². The maximum atomic E-state index is 12.8. The van der Waals surface area contributed by atoms with Gasteiger partial charge in [0.25, 0.3) is 0 Å². The van der Waals surface area contributed by atoms with E-state index in [1.54, 1.807) is 0 Å². The number of amides is 2. The molecule has 1 aliphatic carbocycles. The first-order chi connectivity index (χ1) is 14.6. The van der Waals surface area contributed by atoms with Gasteiger partial charge in [0.15, 0.2) is 0 Å². The topological polar surface area (TPSA) is 61.9 Å². The number of ether oxygens (including phenoxy) is 1. The predicted molar refractivity (Wildman–Crippen MR) is 116 cm³/mol. The van der Waals surface area contributed by atoms with Crippen molar-refractivity contribution in [1.29, 1.82) is 0 Å². The van der Waals surface area contributed by atoms with Gasteiger partial charge < -0.3 is 15.0 Å². The smallest absolute Gasteiger partial charge is 0.234 e. The molecule has 6 heteroatoms.